The van der Waals surface area contributed by atoms with Crippen molar-refractivity contribution in [1.82, 2.24) is 5.32 Å². The molecule has 3 nitrogen and oxygen atoms in total. The molecule has 1 aromatic rings. The Balaban J connectivity index is 2.22. The first-order valence-electron chi connectivity index (χ1n) is 5.66. The fourth-order valence-corrected chi connectivity index (χ4v) is 2.15. The molecule has 1 unspecified atom stereocenters. The highest BCUT2D eigenvalue weighted by Crippen LogP contribution is 2.36. The summed E-state index contributed by atoms with van der Waals surface area (Å²) in [6.07, 6.45) is 0.460. The number of hydrogen-bond donors (Lipinski definition) is 2. The van der Waals surface area contributed by atoms with Gasteiger partial charge in [0, 0.05) is 13.0 Å². The van der Waals surface area contributed by atoms with Crippen molar-refractivity contribution in [1.29, 1.82) is 0 Å². The molecule has 88 valence electrons. The summed E-state index contributed by atoms with van der Waals surface area (Å²) < 4.78 is 5.79. The van der Waals surface area contributed by atoms with Crippen LogP contribution in [-0.4, -0.2) is 24.3 Å². The average Bonchev–Trinajstić information content (AvgIpc) is 2.50. The van der Waals surface area contributed by atoms with Crippen molar-refractivity contribution < 1.29 is 9.84 Å². The summed E-state index contributed by atoms with van der Waals surface area (Å²) in [7, 11) is 1.84. The Morgan fingerprint density at radius 2 is 2.25 bits per heavy atom. The molecule has 0 aliphatic carbocycles. The summed E-state index contributed by atoms with van der Waals surface area (Å²) in [6, 6.07) is 5.94. The van der Waals surface area contributed by atoms with Crippen LogP contribution in [0.3, 0.4) is 0 Å². The number of aliphatic hydroxyl groups is 1. The second-order valence-corrected chi connectivity index (χ2v) is 4.98. The summed E-state index contributed by atoms with van der Waals surface area (Å²) in [5.41, 5.74) is 2.03. The molecule has 1 aliphatic heterocycles. The van der Waals surface area contributed by atoms with Crippen molar-refractivity contribution in [2.24, 2.45) is 0 Å². The van der Waals surface area contributed by atoms with E-state index in [0.29, 0.717) is 6.54 Å². The number of benzene rings is 1. The Bertz CT molecular complexity index is 388. The van der Waals surface area contributed by atoms with Crippen LogP contribution in [0.4, 0.5) is 0 Å². The Hall–Kier alpha value is -1.06. The molecule has 1 aliphatic rings. The summed E-state index contributed by atoms with van der Waals surface area (Å²) >= 11 is 0. The number of rotatable bonds is 3. The average molecular weight is 221 g/mol. The van der Waals surface area contributed by atoms with Gasteiger partial charge in [0.25, 0.3) is 0 Å². The van der Waals surface area contributed by atoms with E-state index in [1.54, 1.807) is 0 Å². The van der Waals surface area contributed by atoms with E-state index in [-0.39, 0.29) is 5.60 Å². The van der Waals surface area contributed by atoms with Gasteiger partial charge in [0.2, 0.25) is 0 Å². The maximum atomic E-state index is 9.88. The lowest BCUT2D eigenvalue weighted by molar-refractivity contribution is 0.138. The molecule has 1 heterocycles. The predicted molar refractivity (Wildman–Crippen MR) is 63.7 cm³/mol. The molecule has 0 bridgehead atoms. The van der Waals surface area contributed by atoms with Crippen LogP contribution in [0.5, 0.6) is 5.75 Å². The zero-order valence-corrected chi connectivity index (χ0v) is 10.1. The molecule has 2 rings (SSSR count). The maximum Gasteiger partial charge on any atom is 0.123 e. The van der Waals surface area contributed by atoms with Gasteiger partial charge < -0.3 is 15.2 Å². The molecule has 0 amide bonds. The van der Waals surface area contributed by atoms with E-state index in [1.807, 2.05) is 25.2 Å². The molecule has 0 saturated heterocycles. The van der Waals surface area contributed by atoms with Gasteiger partial charge in [-0.1, -0.05) is 6.07 Å². The summed E-state index contributed by atoms with van der Waals surface area (Å²) in [4.78, 5) is 0. The molecule has 0 fully saturated rings. The molecule has 2 N–H and O–H groups in total. The lowest BCUT2D eigenvalue weighted by Crippen LogP contribution is -2.24. The van der Waals surface area contributed by atoms with Crippen LogP contribution in [0.1, 0.15) is 31.1 Å². The zero-order valence-electron chi connectivity index (χ0n) is 10.1. The number of nitrogens with one attached hydrogen (secondary N) is 1. The summed E-state index contributed by atoms with van der Waals surface area (Å²) in [5.74, 6) is 0.949. The third-order valence-corrected chi connectivity index (χ3v) is 2.87. The topological polar surface area (TPSA) is 41.5 Å². The quantitative estimate of drug-likeness (QED) is 0.815. The van der Waals surface area contributed by atoms with Crippen LogP contribution in [-0.2, 0) is 6.42 Å². The normalized spacial score (nSPS) is 19.0. The monoisotopic (exact) mass is 221 g/mol. The highest BCUT2D eigenvalue weighted by atomic mass is 16.5. The lowest BCUT2D eigenvalue weighted by atomic mass is 9.98. The van der Waals surface area contributed by atoms with Crippen molar-refractivity contribution in [3.8, 4) is 5.75 Å². The molecule has 3 heteroatoms. The Morgan fingerprint density at radius 3 is 2.94 bits per heavy atom. The standard InChI is InChI=1S/C13H19NO2/c1-13(2)7-10-6-9(11(15)8-14-3)4-5-12(10)16-13/h4-6,11,14-15H,7-8H2,1-3H3. The molecule has 1 atom stereocenters. The third-order valence-electron chi connectivity index (χ3n) is 2.87. The molecule has 0 saturated carbocycles. The SMILES string of the molecule is CNCC(O)c1ccc2c(c1)CC(C)(C)O2. The number of fused-ring (bicyclic) bond motifs is 1. The van der Waals surface area contributed by atoms with Gasteiger partial charge in [-0.05, 0) is 44.2 Å². The third kappa shape index (κ3) is 2.20. The molecular formula is C13H19NO2. The maximum absolute atomic E-state index is 9.88. The lowest BCUT2D eigenvalue weighted by Gasteiger charge is -2.16. The summed E-state index contributed by atoms with van der Waals surface area (Å²) in [5, 5.41) is 12.8. The van der Waals surface area contributed by atoms with Gasteiger partial charge in [0.1, 0.15) is 11.4 Å². The van der Waals surface area contributed by atoms with Gasteiger partial charge in [-0.3, -0.25) is 0 Å². The van der Waals surface area contributed by atoms with Crippen LogP contribution in [0.15, 0.2) is 18.2 Å². The minimum absolute atomic E-state index is 0.116. The van der Waals surface area contributed by atoms with Crippen LogP contribution < -0.4 is 10.1 Å². The molecule has 0 radical (unpaired) electrons. The number of hydrogen-bond acceptors (Lipinski definition) is 3. The van der Waals surface area contributed by atoms with Crippen LogP contribution in [0.2, 0.25) is 0 Å². The fraction of sp³-hybridized carbons (Fsp3) is 0.538. The van der Waals surface area contributed by atoms with Crippen molar-refractivity contribution in [3.05, 3.63) is 29.3 Å². The van der Waals surface area contributed by atoms with Crippen molar-refractivity contribution >= 4 is 0 Å². The molecule has 16 heavy (non-hydrogen) atoms. The van der Waals surface area contributed by atoms with E-state index >= 15 is 0 Å². The smallest absolute Gasteiger partial charge is 0.123 e. The molecular weight excluding hydrogens is 202 g/mol. The minimum Gasteiger partial charge on any atom is -0.487 e. The fourth-order valence-electron chi connectivity index (χ4n) is 2.15. The van der Waals surface area contributed by atoms with Crippen LogP contribution in [0.25, 0.3) is 0 Å². The van der Waals surface area contributed by atoms with Crippen molar-refractivity contribution in [2.45, 2.75) is 32.0 Å². The largest absolute Gasteiger partial charge is 0.487 e. The minimum atomic E-state index is -0.445. The number of aliphatic hydroxyl groups excluding tert-OH is 1. The van der Waals surface area contributed by atoms with E-state index in [9.17, 15) is 5.11 Å². The van der Waals surface area contributed by atoms with Gasteiger partial charge in [-0.2, -0.15) is 0 Å². The summed E-state index contributed by atoms with van der Waals surface area (Å²) in [6.45, 7) is 4.73. The van der Waals surface area contributed by atoms with Gasteiger partial charge in [-0.15, -0.1) is 0 Å². The van der Waals surface area contributed by atoms with Crippen molar-refractivity contribution in [2.75, 3.05) is 13.6 Å². The van der Waals surface area contributed by atoms with E-state index in [4.69, 9.17) is 4.74 Å². The molecule has 1 aromatic carbocycles. The van der Waals surface area contributed by atoms with E-state index in [0.717, 1.165) is 17.7 Å². The van der Waals surface area contributed by atoms with Gasteiger partial charge >= 0.3 is 0 Å². The predicted octanol–water partition coefficient (Wildman–Crippen LogP) is 1.65. The number of ether oxygens (including phenoxy) is 1. The first-order chi connectivity index (χ1) is 7.52. The van der Waals surface area contributed by atoms with Crippen LogP contribution >= 0.6 is 0 Å². The second-order valence-electron chi connectivity index (χ2n) is 4.98. The molecule has 0 aromatic heterocycles. The first kappa shape index (κ1) is 11.4. The Labute approximate surface area is 96.4 Å². The van der Waals surface area contributed by atoms with E-state index < -0.39 is 6.10 Å². The van der Waals surface area contributed by atoms with Gasteiger partial charge in [-0.25, -0.2) is 0 Å². The second kappa shape index (κ2) is 4.07. The molecule has 0 spiro atoms. The van der Waals surface area contributed by atoms with Crippen molar-refractivity contribution in [3.63, 3.8) is 0 Å². The number of likely N-dealkylation sites (N-methyl/N-ethyl adjacent to an activating group) is 1. The Kier molecular flexibility index (Phi) is 2.91. The Morgan fingerprint density at radius 1 is 1.50 bits per heavy atom. The highest BCUT2D eigenvalue weighted by molar-refractivity contribution is 5.42. The first-order valence-corrected chi connectivity index (χ1v) is 5.66. The van der Waals surface area contributed by atoms with Crippen LogP contribution in [0, 0.1) is 0 Å². The van der Waals surface area contributed by atoms with Gasteiger partial charge in [0.15, 0.2) is 0 Å². The van der Waals surface area contributed by atoms with E-state index in [1.165, 1.54) is 5.56 Å². The highest BCUT2D eigenvalue weighted by Gasteiger charge is 2.30. The van der Waals surface area contributed by atoms with Gasteiger partial charge in [0.05, 0.1) is 6.10 Å². The zero-order chi connectivity index (χ0) is 11.8. The van der Waals surface area contributed by atoms with E-state index in [2.05, 4.69) is 19.2 Å².